The van der Waals surface area contributed by atoms with Gasteiger partial charge in [-0.05, 0) is 61.5 Å². The highest BCUT2D eigenvalue weighted by Gasteiger charge is 2.17. The topological polar surface area (TPSA) is 106 Å². The minimum absolute atomic E-state index is 0.176. The van der Waals surface area contributed by atoms with Gasteiger partial charge in [-0.25, -0.2) is 10.2 Å². The van der Waals surface area contributed by atoms with Crippen LogP contribution >= 0.6 is 23.2 Å². The molecular formula is C24H19Cl2N3O5. The number of esters is 1. The molecule has 0 aromatic heterocycles. The van der Waals surface area contributed by atoms with Gasteiger partial charge in [-0.15, -0.1) is 0 Å². The molecule has 3 aromatic rings. The SMILES string of the molecule is COc1cc(C(C)=NNC(=O)C(=O)Nc2ccc(Cl)cc2)ccc1OC(=O)c1ccccc1Cl. The Bertz CT molecular complexity index is 1260. The molecule has 0 aliphatic rings. The fraction of sp³-hybridized carbons (Fsp3) is 0.0833. The summed E-state index contributed by atoms with van der Waals surface area (Å²) in [7, 11) is 1.42. The fourth-order valence-electron chi connectivity index (χ4n) is 2.73. The van der Waals surface area contributed by atoms with Gasteiger partial charge in [-0.2, -0.15) is 5.10 Å². The number of methoxy groups -OCH3 is 1. The van der Waals surface area contributed by atoms with Gasteiger partial charge in [0, 0.05) is 16.3 Å². The Morgan fingerprint density at radius 2 is 1.59 bits per heavy atom. The number of carbonyl (C=O) groups excluding carboxylic acids is 3. The molecule has 2 amide bonds. The molecule has 0 heterocycles. The first kappa shape index (κ1) is 24.8. The van der Waals surface area contributed by atoms with Gasteiger partial charge in [0.25, 0.3) is 0 Å². The summed E-state index contributed by atoms with van der Waals surface area (Å²) >= 11 is 11.8. The highest BCUT2D eigenvalue weighted by molar-refractivity contribution is 6.39. The number of benzene rings is 3. The molecule has 3 aromatic carbocycles. The first-order valence-electron chi connectivity index (χ1n) is 9.84. The summed E-state index contributed by atoms with van der Waals surface area (Å²) in [6.45, 7) is 1.63. The summed E-state index contributed by atoms with van der Waals surface area (Å²) in [5, 5.41) is 7.16. The molecule has 34 heavy (non-hydrogen) atoms. The second kappa shape index (κ2) is 11.3. The first-order valence-corrected chi connectivity index (χ1v) is 10.6. The largest absolute Gasteiger partial charge is 0.493 e. The smallest absolute Gasteiger partial charge is 0.345 e. The number of anilines is 1. The number of amides is 2. The predicted octanol–water partition coefficient (Wildman–Crippen LogP) is 4.70. The van der Waals surface area contributed by atoms with Crippen LogP contribution in [0.1, 0.15) is 22.8 Å². The standard InChI is InChI=1S/C24H19Cl2N3O5/c1-14(28-29-23(31)22(30)27-17-10-8-16(25)9-11-17)15-7-12-20(21(13-15)33-2)34-24(32)18-5-3-4-6-19(18)26/h3-13H,1-2H3,(H,27,30)(H,29,31). The van der Waals surface area contributed by atoms with E-state index in [-0.39, 0.29) is 22.1 Å². The van der Waals surface area contributed by atoms with E-state index in [2.05, 4.69) is 15.8 Å². The molecule has 0 fully saturated rings. The zero-order valence-electron chi connectivity index (χ0n) is 18.1. The number of hydrogen-bond acceptors (Lipinski definition) is 6. The van der Waals surface area contributed by atoms with Crippen LogP contribution in [-0.4, -0.2) is 30.6 Å². The molecule has 0 unspecified atom stereocenters. The van der Waals surface area contributed by atoms with Gasteiger partial charge in [-0.3, -0.25) is 9.59 Å². The van der Waals surface area contributed by atoms with E-state index in [1.165, 1.54) is 13.2 Å². The fourth-order valence-corrected chi connectivity index (χ4v) is 3.07. The Morgan fingerprint density at radius 1 is 0.882 bits per heavy atom. The van der Waals surface area contributed by atoms with Crippen LogP contribution in [0.2, 0.25) is 10.0 Å². The molecule has 0 bridgehead atoms. The molecule has 3 rings (SSSR count). The molecule has 174 valence electrons. The van der Waals surface area contributed by atoms with Crippen LogP contribution < -0.4 is 20.2 Å². The van der Waals surface area contributed by atoms with E-state index < -0.39 is 17.8 Å². The lowest BCUT2D eigenvalue weighted by Crippen LogP contribution is -2.32. The van der Waals surface area contributed by atoms with E-state index in [0.29, 0.717) is 22.0 Å². The van der Waals surface area contributed by atoms with Crippen molar-refractivity contribution in [3.05, 3.63) is 87.9 Å². The number of hydrogen-bond donors (Lipinski definition) is 2. The van der Waals surface area contributed by atoms with Gasteiger partial charge in [0.05, 0.1) is 23.4 Å². The quantitative estimate of drug-likeness (QED) is 0.168. The van der Waals surface area contributed by atoms with Crippen molar-refractivity contribution in [2.75, 3.05) is 12.4 Å². The van der Waals surface area contributed by atoms with E-state index in [9.17, 15) is 14.4 Å². The minimum Gasteiger partial charge on any atom is -0.493 e. The molecule has 0 atom stereocenters. The summed E-state index contributed by atoms with van der Waals surface area (Å²) in [5.74, 6) is -2.04. The van der Waals surface area contributed by atoms with Gasteiger partial charge >= 0.3 is 17.8 Å². The van der Waals surface area contributed by atoms with Crippen molar-refractivity contribution in [2.24, 2.45) is 5.10 Å². The zero-order valence-corrected chi connectivity index (χ0v) is 19.6. The van der Waals surface area contributed by atoms with Crippen LogP contribution in [0.25, 0.3) is 0 Å². The van der Waals surface area contributed by atoms with Gasteiger partial charge in [0.15, 0.2) is 11.5 Å². The molecular weight excluding hydrogens is 481 g/mol. The van der Waals surface area contributed by atoms with Crippen LogP contribution in [0.15, 0.2) is 71.8 Å². The third-order valence-corrected chi connectivity index (χ3v) is 5.09. The molecule has 0 saturated carbocycles. The maximum Gasteiger partial charge on any atom is 0.345 e. The minimum atomic E-state index is -0.952. The van der Waals surface area contributed by atoms with Crippen LogP contribution in [0, 0.1) is 0 Å². The van der Waals surface area contributed by atoms with Crippen molar-refractivity contribution in [1.29, 1.82) is 0 Å². The van der Waals surface area contributed by atoms with E-state index in [0.717, 1.165) is 0 Å². The molecule has 2 N–H and O–H groups in total. The lowest BCUT2D eigenvalue weighted by Gasteiger charge is -2.11. The highest BCUT2D eigenvalue weighted by Crippen LogP contribution is 2.30. The van der Waals surface area contributed by atoms with E-state index >= 15 is 0 Å². The number of halogens is 2. The van der Waals surface area contributed by atoms with Crippen LogP contribution in [0.5, 0.6) is 11.5 Å². The molecule has 8 nitrogen and oxygen atoms in total. The van der Waals surface area contributed by atoms with Crippen molar-refractivity contribution >= 4 is 52.4 Å². The average molecular weight is 500 g/mol. The Kier molecular flexibility index (Phi) is 8.24. The average Bonchev–Trinajstić information content (AvgIpc) is 2.84. The summed E-state index contributed by atoms with van der Waals surface area (Å²) < 4.78 is 10.7. The lowest BCUT2D eigenvalue weighted by molar-refractivity contribution is -0.136. The normalized spacial score (nSPS) is 10.9. The van der Waals surface area contributed by atoms with Gasteiger partial charge < -0.3 is 14.8 Å². The second-order valence-electron chi connectivity index (χ2n) is 6.83. The first-order chi connectivity index (χ1) is 16.3. The van der Waals surface area contributed by atoms with Crippen LogP contribution in [-0.2, 0) is 9.59 Å². The Morgan fingerprint density at radius 3 is 2.26 bits per heavy atom. The van der Waals surface area contributed by atoms with Gasteiger partial charge in [-0.1, -0.05) is 35.3 Å². The molecule has 0 aliphatic carbocycles. The number of hydrazone groups is 1. The molecule has 0 spiro atoms. The van der Waals surface area contributed by atoms with Crippen molar-refractivity contribution in [3.8, 4) is 11.5 Å². The third-order valence-electron chi connectivity index (χ3n) is 4.51. The van der Waals surface area contributed by atoms with Crippen molar-refractivity contribution in [2.45, 2.75) is 6.92 Å². The van der Waals surface area contributed by atoms with Crippen LogP contribution in [0.3, 0.4) is 0 Å². The van der Waals surface area contributed by atoms with Gasteiger partial charge in [0.2, 0.25) is 0 Å². The predicted molar refractivity (Wildman–Crippen MR) is 130 cm³/mol. The maximum atomic E-state index is 12.4. The van der Waals surface area contributed by atoms with Crippen molar-refractivity contribution < 1.29 is 23.9 Å². The van der Waals surface area contributed by atoms with Crippen LogP contribution in [0.4, 0.5) is 5.69 Å². The number of nitrogens with one attached hydrogen (secondary N) is 2. The summed E-state index contributed by atoms with van der Waals surface area (Å²) in [6.07, 6.45) is 0. The Balaban J connectivity index is 1.67. The monoisotopic (exact) mass is 499 g/mol. The number of nitrogens with zero attached hydrogens (tertiary/aromatic N) is 1. The molecule has 10 heteroatoms. The molecule has 0 saturated heterocycles. The van der Waals surface area contributed by atoms with E-state index in [4.69, 9.17) is 32.7 Å². The van der Waals surface area contributed by atoms with Crippen molar-refractivity contribution in [3.63, 3.8) is 0 Å². The molecule has 0 aliphatic heterocycles. The third kappa shape index (κ3) is 6.34. The molecule has 0 radical (unpaired) electrons. The number of carbonyl (C=O) groups is 3. The maximum absolute atomic E-state index is 12.4. The summed E-state index contributed by atoms with van der Waals surface area (Å²) in [5.41, 5.74) is 3.77. The summed E-state index contributed by atoms with van der Waals surface area (Å²) in [6, 6.07) is 17.5. The summed E-state index contributed by atoms with van der Waals surface area (Å²) in [4.78, 5) is 36.5. The zero-order chi connectivity index (χ0) is 24.7. The number of rotatable bonds is 6. The Hall–Kier alpha value is -3.88. The van der Waals surface area contributed by atoms with E-state index in [1.54, 1.807) is 67.6 Å². The number of ether oxygens (including phenoxy) is 2. The lowest BCUT2D eigenvalue weighted by atomic mass is 10.1. The van der Waals surface area contributed by atoms with Crippen molar-refractivity contribution in [1.82, 2.24) is 5.43 Å². The second-order valence-corrected chi connectivity index (χ2v) is 7.68. The highest BCUT2D eigenvalue weighted by atomic mass is 35.5. The van der Waals surface area contributed by atoms with E-state index in [1.807, 2.05) is 0 Å². The Labute approximate surface area is 205 Å². The van der Waals surface area contributed by atoms with Gasteiger partial charge in [0.1, 0.15) is 0 Å².